The Bertz CT molecular complexity index is 536. The largest absolute Gasteiger partial charge is 0.474 e. The Labute approximate surface area is 97.7 Å². The van der Waals surface area contributed by atoms with Crippen LogP contribution in [0.25, 0.3) is 11.0 Å². The predicted octanol–water partition coefficient (Wildman–Crippen LogP) is 0.525. The zero-order chi connectivity index (χ0) is 12.3. The van der Waals surface area contributed by atoms with Gasteiger partial charge in [-0.1, -0.05) is 6.07 Å². The van der Waals surface area contributed by atoms with Crippen molar-refractivity contribution in [1.29, 1.82) is 0 Å². The molecule has 1 heterocycles. The molecule has 6 nitrogen and oxygen atoms in total. The van der Waals surface area contributed by atoms with Crippen LogP contribution in [0.4, 0.5) is 0 Å². The second kappa shape index (κ2) is 4.84. The number of hydrogen-bond acceptors (Lipinski definition) is 5. The van der Waals surface area contributed by atoms with Gasteiger partial charge in [-0.2, -0.15) is 0 Å². The number of rotatable bonds is 4. The topological polar surface area (TPSA) is 90.4 Å². The first-order valence-corrected chi connectivity index (χ1v) is 5.21. The van der Waals surface area contributed by atoms with Crippen molar-refractivity contribution in [3.8, 4) is 5.88 Å². The number of nitrogens with zero attached hydrogens (tertiary/aromatic N) is 1. The molecule has 3 N–H and O–H groups in total. The smallest absolute Gasteiger partial charge is 0.262 e. The molecule has 1 amide bonds. The van der Waals surface area contributed by atoms with Crippen molar-refractivity contribution in [2.45, 2.75) is 0 Å². The Kier molecular flexibility index (Phi) is 3.24. The Hall–Kier alpha value is -2.08. The van der Waals surface area contributed by atoms with E-state index in [1.165, 1.54) is 0 Å². The molecule has 0 saturated carbocycles. The summed E-state index contributed by atoms with van der Waals surface area (Å²) in [6.45, 7) is 0.695. The van der Waals surface area contributed by atoms with Crippen molar-refractivity contribution in [3.05, 3.63) is 23.8 Å². The van der Waals surface area contributed by atoms with Crippen LogP contribution >= 0.6 is 0 Å². The summed E-state index contributed by atoms with van der Waals surface area (Å²) in [7, 11) is 1.56. The number of aromatic nitrogens is 1. The van der Waals surface area contributed by atoms with E-state index in [0.29, 0.717) is 35.6 Å². The second-order valence-electron chi connectivity index (χ2n) is 3.38. The molecule has 17 heavy (non-hydrogen) atoms. The standard InChI is InChI=1S/C11H13N3O3/c1-13-10(15)7-3-2-4-8-9(7)11(14-17-8)16-6-5-12/h2-4H,5-6,12H2,1H3,(H,13,15). The van der Waals surface area contributed by atoms with Crippen LogP contribution in [0.15, 0.2) is 22.7 Å². The van der Waals surface area contributed by atoms with Crippen molar-refractivity contribution in [1.82, 2.24) is 10.5 Å². The van der Waals surface area contributed by atoms with Gasteiger partial charge in [0.05, 0.1) is 10.9 Å². The Morgan fingerprint density at radius 1 is 1.59 bits per heavy atom. The van der Waals surface area contributed by atoms with Gasteiger partial charge >= 0.3 is 0 Å². The fourth-order valence-corrected chi connectivity index (χ4v) is 1.54. The molecule has 2 aromatic rings. The van der Waals surface area contributed by atoms with Crippen LogP contribution in [0.3, 0.4) is 0 Å². The molecule has 0 spiro atoms. The van der Waals surface area contributed by atoms with E-state index in [1.807, 2.05) is 0 Å². The van der Waals surface area contributed by atoms with Crippen LogP contribution in [0, 0.1) is 0 Å². The van der Waals surface area contributed by atoms with Gasteiger partial charge < -0.3 is 20.3 Å². The first-order chi connectivity index (χ1) is 8.27. The first-order valence-electron chi connectivity index (χ1n) is 5.21. The quantitative estimate of drug-likeness (QED) is 0.806. The number of fused-ring (bicyclic) bond motifs is 1. The molecule has 0 aliphatic carbocycles. The summed E-state index contributed by atoms with van der Waals surface area (Å²) in [5.74, 6) is 0.0843. The van der Waals surface area contributed by atoms with E-state index in [-0.39, 0.29) is 5.91 Å². The van der Waals surface area contributed by atoms with Gasteiger partial charge in [-0.15, -0.1) is 0 Å². The van der Waals surface area contributed by atoms with Gasteiger partial charge in [0.1, 0.15) is 6.61 Å². The molecule has 2 rings (SSSR count). The van der Waals surface area contributed by atoms with E-state index < -0.39 is 0 Å². The van der Waals surface area contributed by atoms with E-state index in [0.717, 1.165) is 0 Å². The summed E-state index contributed by atoms with van der Waals surface area (Å²) in [6, 6.07) is 5.14. The maximum Gasteiger partial charge on any atom is 0.262 e. The highest BCUT2D eigenvalue weighted by atomic mass is 16.5. The van der Waals surface area contributed by atoms with Gasteiger partial charge in [0.15, 0.2) is 5.58 Å². The zero-order valence-electron chi connectivity index (χ0n) is 9.40. The number of hydrogen-bond donors (Lipinski definition) is 2. The van der Waals surface area contributed by atoms with Crippen LogP contribution in [0.2, 0.25) is 0 Å². The average Bonchev–Trinajstić information content (AvgIpc) is 2.78. The number of nitrogens with two attached hydrogens (primary N) is 1. The minimum atomic E-state index is -0.212. The highest BCUT2D eigenvalue weighted by Gasteiger charge is 2.17. The Morgan fingerprint density at radius 2 is 2.41 bits per heavy atom. The predicted molar refractivity (Wildman–Crippen MR) is 61.9 cm³/mol. The third kappa shape index (κ3) is 2.07. The highest BCUT2D eigenvalue weighted by molar-refractivity contribution is 6.07. The summed E-state index contributed by atoms with van der Waals surface area (Å²) in [6.07, 6.45) is 0. The molecular weight excluding hydrogens is 222 g/mol. The summed E-state index contributed by atoms with van der Waals surface area (Å²) in [5.41, 5.74) is 6.33. The van der Waals surface area contributed by atoms with Crippen LogP contribution in [-0.2, 0) is 0 Å². The van der Waals surface area contributed by atoms with Crippen molar-refractivity contribution < 1.29 is 14.1 Å². The lowest BCUT2D eigenvalue weighted by Crippen LogP contribution is -2.18. The lowest BCUT2D eigenvalue weighted by molar-refractivity contribution is 0.0964. The number of ether oxygens (including phenoxy) is 1. The maximum atomic E-state index is 11.7. The molecule has 0 saturated heterocycles. The maximum absolute atomic E-state index is 11.7. The van der Waals surface area contributed by atoms with Gasteiger partial charge in [-0.05, 0) is 17.3 Å². The normalized spacial score (nSPS) is 10.5. The van der Waals surface area contributed by atoms with E-state index >= 15 is 0 Å². The van der Waals surface area contributed by atoms with Gasteiger partial charge in [0, 0.05) is 13.6 Å². The molecule has 0 aliphatic rings. The van der Waals surface area contributed by atoms with Crippen molar-refractivity contribution in [2.24, 2.45) is 5.73 Å². The van der Waals surface area contributed by atoms with Crippen LogP contribution < -0.4 is 15.8 Å². The second-order valence-corrected chi connectivity index (χ2v) is 3.38. The van der Waals surface area contributed by atoms with Gasteiger partial charge in [0.25, 0.3) is 11.8 Å². The Morgan fingerprint density at radius 3 is 3.12 bits per heavy atom. The number of carbonyl (C=O) groups is 1. The lowest BCUT2D eigenvalue weighted by atomic mass is 10.1. The monoisotopic (exact) mass is 235 g/mol. The van der Waals surface area contributed by atoms with Crippen molar-refractivity contribution in [2.75, 3.05) is 20.2 Å². The lowest BCUT2D eigenvalue weighted by Gasteiger charge is -2.03. The summed E-state index contributed by atoms with van der Waals surface area (Å²) < 4.78 is 10.4. The van der Waals surface area contributed by atoms with Crippen LogP contribution in [0.5, 0.6) is 5.88 Å². The van der Waals surface area contributed by atoms with Crippen molar-refractivity contribution >= 4 is 16.9 Å². The summed E-state index contributed by atoms with van der Waals surface area (Å²) >= 11 is 0. The van der Waals surface area contributed by atoms with E-state index in [2.05, 4.69) is 10.5 Å². The molecule has 0 atom stereocenters. The van der Waals surface area contributed by atoms with E-state index in [9.17, 15) is 4.79 Å². The minimum absolute atomic E-state index is 0.212. The number of carbonyl (C=O) groups excluding carboxylic acids is 1. The Balaban J connectivity index is 2.51. The molecule has 0 radical (unpaired) electrons. The SMILES string of the molecule is CNC(=O)c1cccc2onc(OCCN)c12. The van der Waals surface area contributed by atoms with Gasteiger partial charge in [-0.3, -0.25) is 4.79 Å². The average molecular weight is 235 g/mol. The third-order valence-corrected chi connectivity index (χ3v) is 2.30. The van der Waals surface area contributed by atoms with Gasteiger partial charge in [0.2, 0.25) is 0 Å². The molecule has 0 fully saturated rings. The molecule has 0 aliphatic heterocycles. The van der Waals surface area contributed by atoms with E-state index in [1.54, 1.807) is 25.2 Å². The molecular formula is C11H13N3O3. The molecule has 6 heteroatoms. The molecule has 1 aromatic heterocycles. The summed E-state index contributed by atoms with van der Waals surface area (Å²) in [5, 5.41) is 6.91. The zero-order valence-corrected chi connectivity index (χ0v) is 9.40. The summed E-state index contributed by atoms with van der Waals surface area (Å²) in [4.78, 5) is 11.7. The fraction of sp³-hybridized carbons (Fsp3) is 0.273. The number of benzene rings is 1. The van der Waals surface area contributed by atoms with Crippen LogP contribution in [-0.4, -0.2) is 31.3 Å². The van der Waals surface area contributed by atoms with Crippen LogP contribution in [0.1, 0.15) is 10.4 Å². The molecule has 0 unspecified atom stereocenters. The number of nitrogens with one attached hydrogen (secondary N) is 1. The molecule has 90 valence electrons. The van der Waals surface area contributed by atoms with E-state index in [4.69, 9.17) is 15.0 Å². The molecule has 0 bridgehead atoms. The number of amides is 1. The van der Waals surface area contributed by atoms with Gasteiger partial charge in [-0.25, -0.2) is 0 Å². The van der Waals surface area contributed by atoms with Crippen molar-refractivity contribution in [3.63, 3.8) is 0 Å². The highest BCUT2D eigenvalue weighted by Crippen LogP contribution is 2.28. The minimum Gasteiger partial charge on any atom is -0.474 e. The third-order valence-electron chi connectivity index (χ3n) is 2.30. The fourth-order valence-electron chi connectivity index (χ4n) is 1.54. The molecule has 1 aromatic carbocycles. The first kappa shape index (κ1) is 11.4.